The molecule has 0 radical (unpaired) electrons. The van der Waals surface area contributed by atoms with Crippen molar-refractivity contribution < 1.29 is 5.11 Å². The van der Waals surface area contributed by atoms with Crippen LogP contribution >= 0.6 is 11.3 Å². The number of thiazole rings is 1. The van der Waals surface area contributed by atoms with Crippen LogP contribution in [0.15, 0.2) is 60.2 Å². The van der Waals surface area contributed by atoms with Crippen LogP contribution in [-0.2, 0) is 6.54 Å². The third-order valence-electron chi connectivity index (χ3n) is 3.31. The zero-order valence-corrected chi connectivity index (χ0v) is 12.8. The maximum absolute atomic E-state index is 10.1. The van der Waals surface area contributed by atoms with E-state index in [9.17, 15) is 5.11 Å². The number of aromatic nitrogens is 2. The third-order valence-corrected chi connectivity index (χ3v) is 4.25. The van der Waals surface area contributed by atoms with E-state index in [1.54, 1.807) is 23.7 Å². The lowest BCUT2D eigenvalue weighted by Crippen LogP contribution is -2.21. The maximum Gasteiger partial charge on any atom is 0.123 e. The Kier molecular flexibility index (Phi) is 4.90. The van der Waals surface area contributed by atoms with E-state index in [1.807, 2.05) is 35.7 Å². The molecule has 2 N–H and O–H groups in total. The van der Waals surface area contributed by atoms with Crippen LogP contribution < -0.4 is 5.32 Å². The van der Waals surface area contributed by atoms with Crippen molar-refractivity contribution in [3.63, 3.8) is 0 Å². The minimum Gasteiger partial charge on any atom is -0.387 e. The number of rotatable bonds is 6. The quantitative estimate of drug-likeness (QED) is 0.734. The zero-order chi connectivity index (χ0) is 15.2. The van der Waals surface area contributed by atoms with Crippen LogP contribution in [0.3, 0.4) is 0 Å². The second-order valence-corrected chi connectivity index (χ2v) is 5.80. The van der Waals surface area contributed by atoms with Crippen molar-refractivity contribution in [2.45, 2.75) is 12.6 Å². The highest BCUT2D eigenvalue weighted by atomic mass is 32.1. The first-order chi connectivity index (χ1) is 10.8. The fourth-order valence-corrected chi connectivity index (χ4v) is 2.97. The largest absolute Gasteiger partial charge is 0.387 e. The van der Waals surface area contributed by atoms with Gasteiger partial charge in [-0.1, -0.05) is 30.3 Å². The average molecular weight is 311 g/mol. The molecular weight excluding hydrogens is 294 g/mol. The van der Waals surface area contributed by atoms with Crippen molar-refractivity contribution in [3.05, 3.63) is 71.5 Å². The van der Waals surface area contributed by atoms with Crippen LogP contribution in [-0.4, -0.2) is 21.6 Å². The number of nitrogens with one attached hydrogen (secondary N) is 1. The molecule has 0 saturated heterocycles. The van der Waals surface area contributed by atoms with Gasteiger partial charge in [-0.2, -0.15) is 0 Å². The van der Waals surface area contributed by atoms with Crippen molar-refractivity contribution in [1.82, 2.24) is 15.3 Å². The first kappa shape index (κ1) is 14.8. The van der Waals surface area contributed by atoms with Gasteiger partial charge < -0.3 is 10.4 Å². The van der Waals surface area contributed by atoms with Gasteiger partial charge in [-0.25, -0.2) is 4.98 Å². The Morgan fingerprint density at radius 1 is 1.09 bits per heavy atom. The third kappa shape index (κ3) is 3.76. The summed E-state index contributed by atoms with van der Waals surface area (Å²) in [7, 11) is 0. The van der Waals surface area contributed by atoms with E-state index in [2.05, 4.69) is 27.4 Å². The van der Waals surface area contributed by atoms with Crippen LogP contribution in [0.4, 0.5) is 0 Å². The number of hydrogen-bond acceptors (Lipinski definition) is 5. The molecule has 2 aromatic heterocycles. The fraction of sp³-hybridized carbons (Fsp3) is 0.176. The van der Waals surface area contributed by atoms with Crippen molar-refractivity contribution >= 4 is 11.3 Å². The molecule has 1 unspecified atom stereocenters. The SMILES string of the molecule is OC(CNCc1csc(-c2ccccc2)n1)c1ccncc1. The Hall–Kier alpha value is -2.08. The molecule has 112 valence electrons. The van der Waals surface area contributed by atoms with E-state index in [0.717, 1.165) is 21.8 Å². The molecule has 5 heteroatoms. The van der Waals surface area contributed by atoms with Crippen LogP contribution in [0.2, 0.25) is 0 Å². The van der Waals surface area contributed by atoms with E-state index in [1.165, 1.54) is 0 Å². The normalized spacial score (nSPS) is 12.2. The lowest BCUT2D eigenvalue weighted by molar-refractivity contribution is 0.174. The van der Waals surface area contributed by atoms with Gasteiger partial charge in [0.15, 0.2) is 0 Å². The number of benzene rings is 1. The minimum atomic E-state index is -0.532. The number of pyridine rings is 1. The monoisotopic (exact) mass is 311 g/mol. The van der Waals surface area contributed by atoms with Crippen molar-refractivity contribution in [1.29, 1.82) is 0 Å². The van der Waals surface area contributed by atoms with Gasteiger partial charge in [0.25, 0.3) is 0 Å². The highest BCUT2D eigenvalue weighted by Gasteiger charge is 2.08. The topological polar surface area (TPSA) is 58.0 Å². The summed E-state index contributed by atoms with van der Waals surface area (Å²) in [5.74, 6) is 0. The number of aliphatic hydroxyl groups is 1. The Morgan fingerprint density at radius 3 is 2.64 bits per heavy atom. The summed E-state index contributed by atoms with van der Waals surface area (Å²) in [6, 6.07) is 13.8. The molecule has 0 bridgehead atoms. The summed E-state index contributed by atoms with van der Waals surface area (Å²) in [4.78, 5) is 8.56. The highest BCUT2D eigenvalue weighted by Crippen LogP contribution is 2.23. The Labute approximate surface area is 133 Å². The molecule has 2 heterocycles. The standard InChI is InChI=1S/C17H17N3OS/c21-16(13-6-8-18-9-7-13)11-19-10-15-12-22-17(20-15)14-4-2-1-3-5-14/h1-9,12,16,19,21H,10-11H2. The first-order valence-corrected chi connectivity index (χ1v) is 7.99. The predicted molar refractivity (Wildman–Crippen MR) is 88.5 cm³/mol. The van der Waals surface area contributed by atoms with Crippen molar-refractivity contribution in [2.75, 3.05) is 6.54 Å². The lowest BCUT2D eigenvalue weighted by atomic mass is 10.1. The van der Waals surface area contributed by atoms with Crippen molar-refractivity contribution in [2.24, 2.45) is 0 Å². The molecular formula is C17H17N3OS. The molecule has 0 fully saturated rings. The summed E-state index contributed by atoms with van der Waals surface area (Å²) in [5, 5.41) is 16.4. The van der Waals surface area contributed by atoms with E-state index >= 15 is 0 Å². The van der Waals surface area contributed by atoms with Gasteiger partial charge in [0.05, 0.1) is 11.8 Å². The highest BCUT2D eigenvalue weighted by molar-refractivity contribution is 7.13. The molecule has 0 aliphatic carbocycles. The fourth-order valence-electron chi connectivity index (χ4n) is 2.14. The lowest BCUT2D eigenvalue weighted by Gasteiger charge is -2.11. The van der Waals surface area contributed by atoms with Crippen LogP contribution in [0.1, 0.15) is 17.4 Å². The molecule has 1 aromatic carbocycles. The second kappa shape index (κ2) is 7.26. The maximum atomic E-state index is 10.1. The van der Waals surface area contributed by atoms with E-state index in [4.69, 9.17) is 0 Å². The van der Waals surface area contributed by atoms with Crippen molar-refractivity contribution in [3.8, 4) is 10.6 Å². The first-order valence-electron chi connectivity index (χ1n) is 7.11. The van der Waals surface area contributed by atoms with Crippen LogP contribution in [0, 0.1) is 0 Å². The van der Waals surface area contributed by atoms with Gasteiger partial charge in [-0.05, 0) is 17.7 Å². The van der Waals surface area contributed by atoms with Gasteiger partial charge >= 0.3 is 0 Å². The van der Waals surface area contributed by atoms with Gasteiger partial charge in [-0.15, -0.1) is 11.3 Å². The van der Waals surface area contributed by atoms with Gasteiger partial charge in [0.1, 0.15) is 5.01 Å². The van der Waals surface area contributed by atoms with Gasteiger partial charge in [0, 0.05) is 36.4 Å². The van der Waals surface area contributed by atoms with E-state index in [-0.39, 0.29) is 0 Å². The molecule has 0 amide bonds. The Balaban J connectivity index is 1.53. The zero-order valence-electron chi connectivity index (χ0n) is 12.0. The molecule has 1 atom stereocenters. The molecule has 0 spiro atoms. The van der Waals surface area contributed by atoms with E-state index in [0.29, 0.717) is 13.1 Å². The van der Waals surface area contributed by atoms with Gasteiger partial charge in [0.2, 0.25) is 0 Å². The Bertz CT molecular complexity index is 700. The smallest absolute Gasteiger partial charge is 0.123 e. The molecule has 0 aliphatic heterocycles. The Morgan fingerprint density at radius 2 is 1.86 bits per heavy atom. The molecule has 3 rings (SSSR count). The minimum absolute atomic E-state index is 0.488. The number of nitrogens with zero attached hydrogens (tertiary/aromatic N) is 2. The summed E-state index contributed by atoms with van der Waals surface area (Å²) in [6.45, 7) is 1.13. The summed E-state index contributed by atoms with van der Waals surface area (Å²) in [5.41, 5.74) is 2.99. The molecule has 0 saturated carbocycles. The second-order valence-electron chi connectivity index (χ2n) is 4.94. The predicted octanol–water partition coefficient (Wildman–Crippen LogP) is 3.03. The summed E-state index contributed by atoms with van der Waals surface area (Å²) >= 11 is 1.64. The average Bonchev–Trinajstić information content (AvgIpc) is 3.05. The molecule has 0 aliphatic rings. The summed E-state index contributed by atoms with van der Waals surface area (Å²) < 4.78 is 0. The number of aliphatic hydroxyl groups excluding tert-OH is 1. The summed E-state index contributed by atoms with van der Waals surface area (Å²) in [6.07, 6.45) is 2.84. The van der Waals surface area contributed by atoms with Crippen LogP contribution in [0.25, 0.3) is 10.6 Å². The number of hydrogen-bond donors (Lipinski definition) is 2. The molecule has 4 nitrogen and oxygen atoms in total. The van der Waals surface area contributed by atoms with Crippen LogP contribution in [0.5, 0.6) is 0 Å². The molecule has 22 heavy (non-hydrogen) atoms. The van der Waals surface area contributed by atoms with E-state index < -0.39 is 6.10 Å². The molecule has 3 aromatic rings. The van der Waals surface area contributed by atoms with Gasteiger partial charge in [-0.3, -0.25) is 4.98 Å².